The summed E-state index contributed by atoms with van der Waals surface area (Å²) in [5, 5.41) is 13.4. The highest BCUT2D eigenvalue weighted by molar-refractivity contribution is 7.15. The van der Waals surface area contributed by atoms with Gasteiger partial charge >= 0.3 is 0 Å². The van der Waals surface area contributed by atoms with Crippen molar-refractivity contribution in [3.63, 3.8) is 0 Å². The number of aromatic nitrogens is 2. The Morgan fingerprint density at radius 3 is 2.67 bits per heavy atom. The molecule has 3 rings (SSSR count). The molecule has 21 heavy (non-hydrogen) atoms. The van der Waals surface area contributed by atoms with Crippen LogP contribution in [0.2, 0.25) is 10.0 Å². The fourth-order valence-corrected chi connectivity index (χ4v) is 3.51. The van der Waals surface area contributed by atoms with Crippen LogP contribution in [0.1, 0.15) is 29.8 Å². The fourth-order valence-electron chi connectivity index (χ4n) is 2.29. The van der Waals surface area contributed by atoms with Gasteiger partial charge in [0, 0.05) is 16.0 Å². The van der Waals surface area contributed by atoms with Crippen molar-refractivity contribution in [2.45, 2.75) is 25.7 Å². The van der Waals surface area contributed by atoms with E-state index in [-0.39, 0.29) is 17.7 Å². The van der Waals surface area contributed by atoms with E-state index < -0.39 is 0 Å². The Hall–Kier alpha value is -1.17. The predicted molar refractivity (Wildman–Crippen MR) is 85.2 cm³/mol. The summed E-state index contributed by atoms with van der Waals surface area (Å²) in [5.74, 6) is 0.114. The molecule has 1 aliphatic rings. The quantitative estimate of drug-likeness (QED) is 0.908. The number of carbonyl (C=O) groups is 1. The molecule has 2 unspecified atom stereocenters. The van der Waals surface area contributed by atoms with E-state index in [9.17, 15) is 4.79 Å². The van der Waals surface area contributed by atoms with Crippen molar-refractivity contribution in [3.8, 4) is 0 Å². The van der Waals surface area contributed by atoms with Crippen LogP contribution in [-0.4, -0.2) is 16.1 Å². The van der Waals surface area contributed by atoms with Crippen LogP contribution in [0.3, 0.4) is 0 Å². The lowest BCUT2D eigenvalue weighted by Gasteiger charge is -2.03. The van der Waals surface area contributed by atoms with E-state index >= 15 is 0 Å². The smallest absolute Gasteiger partial charge is 0.229 e. The first-order chi connectivity index (χ1) is 10.1. The van der Waals surface area contributed by atoms with Crippen molar-refractivity contribution < 1.29 is 4.79 Å². The first kappa shape index (κ1) is 14.8. The van der Waals surface area contributed by atoms with Gasteiger partial charge in [-0.1, -0.05) is 41.5 Å². The summed E-state index contributed by atoms with van der Waals surface area (Å²) in [6.45, 7) is 2.01. The van der Waals surface area contributed by atoms with Gasteiger partial charge in [-0.25, -0.2) is 0 Å². The zero-order valence-corrected chi connectivity index (χ0v) is 13.6. The lowest BCUT2D eigenvalue weighted by atomic mass is 10.1. The van der Waals surface area contributed by atoms with Crippen LogP contribution < -0.4 is 5.32 Å². The van der Waals surface area contributed by atoms with Gasteiger partial charge in [-0.15, -0.1) is 10.2 Å². The minimum absolute atomic E-state index is 0.0186. The van der Waals surface area contributed by atoms with Crippen LogP contribution in [0.5, 0.6) is 0 Å². The highest BCUT2D eigenvalue weighted by Gasteiger charge is 2.44. The molecule has 1 aromatic carbocycles. The van der Waals surface area contributed by atoms with Crippen LogP contribution in [0.4, 0.5) is 5.13 Å². The Balaban J connectivity index is 1.65. The Morgan fingerprint density at radius 2 is 2.05 bits per heavy atom. The van der Waals surface area contributed by atoms with Gasteiger partial charge in [0.2, 0.25) is 11.0 Å². The average molecular weight is 342 g/mol. The summed E-state index contributed by atoms with van der Waals surface area (Å²) in [7, 11) is 0. The van der Waals surface area contributed by atoms with Gasteiger partial charge in [-0.3, -0.25) is 4.79 Å². The topological polar surface area (TPSA) is 54.9 Å². The molecule has 1 heterocycles. The number of hydrogen-bond acceptors (Lipinski definition) is 4. The molecule has 0 aliphatic heterocycles. The van der Waals surface area contributed by atoms with Gasteiger partial charge in [0.25, 0.3) is 0 Å². The normalized spacial score (nSPS) is 20.3. The van der Waals surface area contributed by atoms with Crippen LogP contribution in [0.25, 0.3) is 0 Å². The largest absolute Gasteiger partial charge is 0.300 e. The van der Waals surface area contributed by atoms with Gasteiger partial charge in [-0.05, 0) is 42.5 Å². The SMILES string of the molecule is CCc1nnc(NC(=O)C2CC2c2cc(Cl)cc(Cl)c2)s1. The Bertz CT molecular complexity index is 668. The van der Waals surface area contributed by atoms with E-state index in [1.165, 1.54) is 11.3 Å². The van der Waals surface area contributed by atoms with E-state index in [4.69, 9.17) is 23.2 Å². The predicted octanol–water partition coefficient (Wildman–Crippen LogP) is 4.15. The number of hydrogen-bond donors (Lipinski definition) is 1. The Morgan fingerprint density at radius 1 is 1.33 bits per heavy atom. The van der Waals surface area contributed by atoms with E-state index in [0.29, 0.717) is 15.2 Å². The van der Waals surface area contributed by atoms with Crippen molar-refractivity contribution in [2.75, 3.05) is 5.32 Å². The highest BCUT2D eigenvalue weighted by Crippen LogP contribution is 2.49. The lowest BCUT2D eigenvalue weighted by molar-refractivity contribution is -0.117. The van der Waals surface area contributed by atoms with Crippen LogP contribution in [-0.2, 0) is 11.2 Å². The molecule has 7 heteroatoms. The molecule has 2 atom stereocenters. The standard InChI is InChI=1S/C14H13Cl2N3OS/c1-2-12-18-19-14(21-12)17-13(20)11-6-10(11)7-3-8(15)5-9(16)4-7/h3-5,10-11H,2,6H2,1H3,(H,17,19,20). The zero-order valence-electron chi connectivity index (χ0n) is 11.3. The lowest BCUT2D eigenvalue weighted by Crippen LogP contribution is -2.14. The maximum atomic E-state index is 12.2. The average Bonchev–Trinajstić information content (AvgIpc) is 3.12. The number of nitrogens with one attached hydrogen (secondary N) is 1. The molecular formula is C14H13Cl2N3OS. The maximum Gasteiger partial charge on any atom is 0.229 e. The van der Waals surface area contributed by atoms with Crippen LogP contribution >= 0.6 is 34.5 Å². The van der Waals surface area contributed by atoms with Crippen molar-refractivity contribution >= 4 is 45.6 Å². The zero-order chi connectivity index (χ0) is 15.0. The third-order valence-electron chi connectivity index (χ3n) is 3.44. The van der Waals surface area contributed by atoms with E-state index in [2.05, 4.69) is 15.5 Å². The molecule has 0 radical (unpaired) electrons. The molecule has 1 fully saturated rings. The van der Waals surface area contributed by atoms with E-state index in [1.807, 2.05) is 19.1 Å². The Kier molecular flexibility index (Phi) is 4.15. The van der Waals surface area contributed by atoms with Gasteiger partial charge in [0.1, 0.15) is 5.01 Å². The molecule has 0 spiro atoms. The number of rotatable bonds is 4. The molecule has 110 valence electrons. The Labute approximate surface area is 136 Å². The van der Waals surface area contributed by atoms with Crippen LogP contribution in [0, 0.1) is 5.92 Å². The van der Waals surface area contributed by atoms with Gasteiger partial charge < -0.3 is 5.32 Å². The third-order valence-corrected chi connectivity index (χ3v) is 4.86. The number of anilines is 1. The molecule has 1 N–H and O–H groups in total. The second kappa shape index (κ2) is 5.91. The summed E-state index contributed by atoms with van der Waals surface area (Å²) in [5.41, 5.74) is 1.01. The molecular weight excluding hydrogens is 329 g/mol. The third kappa shape index (κ3) is 3.36. The number of halogens is 2. The first-order valence-corrected chi connectivity index (χ1v) is 8.23. The van der Waals surface area contributed by atoms with E-state index in [1.54, 1.807) is 6.07 Å². The maximum absolute atomic E-state index is 12.2. The van der Waals surface area contributed by atoms with Crippen molar-refractivity contribution in [2.24, 2.45) is 5.92 Å². The minimum Gasteiger partial charge on any atom is -0.300 e. The number of benzene rings is 1. The number of amides is 1. The molecule has 4 nitrogen and oxygen atoms in total. The number of nitrogens with zero attached hydrogens (tertiary/aromatic N) is 2. The number of aryl methyl sites for hydroxylation is 1. The summed E-state index contributed by atoms with van der Waals surface area (Å²) < 4.78 is 0. The summed E-state index contributed by atoms with van der Waals surface area (Å²) >= 11 is 13.4. The second-order valence-electron chi connectivity index (χ2n) is 5.00. The molecule has 0 bridgehead atoms. The summed E-state index contributed by atoms with van der Waals surface area (Å²) in [6.07, 6.45) is 1.63. The van der Waals surface area contributed by atoms with Crippen molar-refractivity contribution in [1.82, 2.24) is 10.2 Å². The van der Waals surface area contributed by atoms with Crippen molar-refractivity contribution in [1.29, 1.82) is 0 Å². The van der Waals surface area contributed by atoms with E-state index in [0.717, 1.165) is 23.4 Å². The monoisotopic (exact) mass is 341 g/mol. The fraction of sp³-hybridized carbons (Fsp3) is 0.357. The molecule has 1 amide bonds. The summed E-state index contributed by atoms with van der Waals surface area (Å²) in [4.78, 5) is 12.2. The number of carbonyl (C=O) groups excluding carboxylic acids is 1. The highest BCUT2D eigenvalue weighted by atomic mass is 35.5. The second-order valence-corrected chi connectivity index (χ2v) is 6.93. The molecule has 0 saturated heterocycles. The van der Waals surface area contributed by atoms with Crippen molar-refractivity contribution in [3.05, 3.63) is 38.8 Å². The minimum atomic E-state index is -0.0477. The van der Waals surface area contributed by atoms with Gasteiger partial charge in [0.15, 0.2) is 0 Å². The first-order valence-electron chi connectivity index (χ1n) is 6.66. The summed E-state index contributed by atoms with van der Waals surface area (Å²) in [6, 6.07) is 5.43. The van der Waals surface area contributed by atoms with Gasteiger partial charge in [0.05, 0.1) is 0 Å². The molecule has 1 aliphatic carbocycles. The molecule has 2 aromatic rings. The van der Waals surface area contributed by atoms with Gasteiger partial charge in [-0.2, -0.15) is 0 Å². The van der Waals surface area contributed by atoms with Crippen LogP contribution in [0.15, 0.2) is 18.2 Å². The molecule has 1 aromatic heterocycles. The molecule has 1 saturated carbocycles.